The van der Waals surface area contributed by atoms with Crippen LogP contribution in [-0.2, 0) is 17.9 Å². The van der Waals surface area contributed by atoms with Gasteiger partial charge in [-0.25, -0.2) is 4.68 Å². The van der Waals surface area contributed by atoms with E-state index in [2.05, 4.69) is 31.6 Å². The highest BCUT2D eigenvalue weighted by Gasteiger charge is 2.08. The molecule has 0 unspecified atom stereocenters. The molecule has 106 valence electrons. The molecule has 0 saturated carbocycles. The number of halogens is 1. The topological polar surface area (TPSA) is 59.8 Å². The van der Waals surface area contributed by atoms with Gasteiger partial charge in [0.2, 0.25) is 5.91 Å². The third-order valence-electron chi connectivity index (χ3n) is 3.09. The van der Waals surface area contributed by atoms with Gasteiger partial charge in [-0.05, 0) is 29.8 Å². The second-order valence-corrected chi connectivity index (χ2v) is 5.56. The molecule has 0 aliphatic carbocycles. The maximum atomic E-state index is 12.0. The first kappa shape index (κ1) is 13.8. The van der Waals surface area contributed by atoms with Crippen LogP contribution in [0, 0.1) is 0 Å². The van der Waals surface area contributed by atoms with Crippen LogP contribution < -0.4 is 5.32 Å². The zero-order valence-corrected chi connectivity index (χ0v) is 12.7. The summed E-state index contributed by atoms with van der Waals surface area (Å²) in [6.07, 6.45) is 0. The van der Waals surface area contributed by atoms with Crippen LogP contribution in [0.3, 0.4) is 0 Å². The number of nitrogens with zero attached hydrogens (tertiary/aromatic N) is 3. The van der Waals surface area contributed by atoms with Crippen molar-refractivity contribution < 1.29 is 4.79 Å². The Hall–Kier alpha value is -2.21. The lowest BCUT2D eigenvalue weighted by Gasteiger charge is -2.06. The molecule has 0 aliphatic heterocycles. The van der Waals surface area contributed by atoms with Gasteiger partial charge in [-0.15, -0.1) is 5.10 Å². The minimum Gasteiger partial charge on any atom is -0.350 e. The second kappa shape index (κ2) is 6.05. The molecule has 1 N–H and O–H groups in total. The van der Waals surface area contributed by atoms with E-state index in [-0.39, 0.29) is 12.5 Å². The minimum absolute atomic E-state index is 0.0920. The molecule has 21 heavy (non-hydrogen) atoms. The summed E-state index contributed by atoms with van der Waals surface area (Å²) in [4.78, 5) is 12.0. The summed E-state index contributed by atoms with van der Waals surface area (Å²) in [7, 11) is 0. The quantitative estimate of drug-likeness (QED) is 0.790. The minimum atomic E-state index is -0.0920. The van der Waals surface area contributed by atoms with Gasteiger partial charge >= 0.3 is 0 Å². The fraction of sp³-hybridized carbons (Fsp3) is 0.133. The number of aromatic nitrogens is 3. The van der Waals surface area contributed by atoms with E-state index in [9.17, 15) is 4.79 Å². The van der Waals surface area contributed by atoms with Crippen LogP contribution in [0.15, 0.2) is 53.0 Å². The third-order valence-corrected chi connectivity index (χ3v) is 3.59. The Morgan fingerprint density at radius 3 is 2.90 bits per heavy atom. The van der Waals surface area contributed by atoms with Crippen molar-refractivity contribution in [2.24, 2.45) is 0 Å². The highest BCUT2D eigenvalue weighted by atomic mass is 79.9. The van der Waals surface area contributed by atoms with Crippen molar-refractivity contribution in [1.29, 1.82) is 0 Å². The van der Waals surface area contributed by atoms with Gasteiger partial charge < -0.3 is 5.32 Å². The van der Waals surface area contributed by atoms with Gasteiger partial charge in [0.1, 0.15) is 12.1 Å². The van der Waals surface area contributed by atoms with Crippen LogP contribution in [0.2, 0.25) is 0 Å². The molecule has 2 aromatic carbocycles. The van der Waals surface area contributed by atoms with Gasteiger partial charge in [-0.3, -0.25) is 4.79 Å². The Kier molecular flexibility index (Phi) is 3.96. The average molecular weight is 345 g/mol. The predicted molar refractivity (Wildman–Crippen MR) is 83.5 cm³/mol. The summed E-state index contributed by atoms with van der Waals surface area (Å²) in [6, 6.07) is 15.4. The standard InChI is InChI=1S/C15H13BrN4O/c16-12-5-3-4-11(8-12)9-17-15(21)10-20-14-7-2-1-6-13(14)18-19-20/h1-8H,9-10H2,(H,17,21). The van der Waals surface area contributed by atoms with Gasteiger partial charge in [0, 0.05) is 11.0 Å². The summed E-state index contributed by atoms with van der Waals surface area (Å²) in [5, 5.41) is 10.9. The number of nitrogens with one attached hydrogen (secondary N) is 1. The van der Waals surface area contributed by atoms with Crippen molar-refractivity contribution in [3.8, 4) is 0 Å². The van der Waals surface area contributed by atoms with E-state index < -0.39 is 0 Å². The summed E-state index contributed by atoms with van der Waals surface area (Å²) < 4.78 is 2.60. The Morgan fingerprint density at radius 1 is 1.19 bits per heavy atom. The van der Waals surface area contributed by atoms with E-state index in [0.29, 0.717) is 6.54 Å². The predicted octanol–water partition coefficient (Wildman–Crippen LogP) is 2.51. The van der Waals surface area contributed by atoms with E-state index >= 15 is 0 Å². The Morgan fingerprint density at radius 2 is 2.05 bits per heavy atom. The normalized spacial score (nSPS) is 10.7. The first-order chi connectivity index (χ1) is 10.2. The molecule has 0 saturated heterocycles. The van der Waals surface area contributed by atoms with Crippen LogP contribution in [0.1, 0.15) is 5.56 Å². The molecular formula is C15H13BrN4O. The Labute approximate surface area is 130 Å². The van der Waals surface area contributed by atoms with E-state index in [1.807, 2.05) is 48.5 Å². The summed E-state index contributed by atoms with van der Waals surface area (Å²) >= 11 is 3.41. The number of benzene rings is 2. The molecule has 6 heteroatoms. The molecule has 5 nitrogen and oxygen atoms in total. The summed E-state index contributed by atoms with van der Waals surface area (Å²) in [6.45, 7) is 0.652. The van der Waals surface area contributed by atoms with Crippen LogP contribution in [0.25, 0.3) is 11.0 Å². The van der Waals surface area contributed by atoms with Gasteiger partial charge in [0.15, 0.2) is 0 Å². The highest BCUT2D eigenvalue weighted by molar-refractivity contribution is 9.10. The Bertz CT molecular complexity index is 784. The number of amides is 1. The number of para-hydroxylation sites is 1. The lowest BCUT2D eigenvalue weighted by molar-refractivity contribution is -0.121. The fourth-order valence-corrected chi connectivity index (χ4v) is 2.52. The summed E-state index contributed by atoms with van der Waals surface area (Å²) in [5.74, 6) is -0.0920. The van der Waals surface area contributed by atoms with E-state index in [0.717, 1.165) is 21.1 Å². The highest BCUT2D eigenvalue weighted by Crippen LogP contribution is 2.11. The molecule has 1 amide bonds. The van der Waals surface area contributed by atoms with E-state index in [1.165, 1.54) is 0 Å². The third kappa shape index (κ3) is 3.28. The fourth-order valence-electron chi connectivity index (χ4n) is 2.07. The molecule has 0 atom stereocenters. The van der Waals surface area contributed by atoms with Gasteiger partial charge in [0.05, 0.1) is 5.52 Å². The summed E-state index contributed by atoms with van der Waals surface area (Å²) in [5.41, 5.74) is 2.69. The number of hydrogen-bond donors (Lipinski definition) is 1. The first-order valence-corrected chi connectivity index (χ1v) is 7.31. The van der Waals surface area contributed by atoms with Gasteiger partial charge in [0.25, 0.3) is 0 Å². The van der Waals surface area contributed by atoms with Crippen molar-refractivity contribution in [1.82, 2.24) is 20.3 Å². The van der Waals surface area contributed by atoms with E-state index in [4.69, 9.17) is 0 Å². The SMILES string of the molecule is O=C(Cn1nnc2ccccc21)NCc1cccc(Br)c1. The van der Waals surface area contributed by atoms with Crippen LogP contribution in [0.5, 0.6) is 0 Å². The molecule has 0 bridgehead atoms. The van der Waals surface area contributed by atoms with Gasteiger partial charge in [-0.1, -0.05) is 45.4 Å². The molecule has 3 aromatic rings. The van der Waals surface area contributed by atoms with E-state index in [1.54, 1.807) is 4.68 Å². The molecule has 0 fully saturated rings. The molecule has 0 radical (unpaired) electrons. The second-order valence-electron chi connectivity index (χ2n) is 4.64. The maximum absolute atomic E-state index is 12.0. The van der Waals surface area contributed by atoms with Crippen molar-refractivity contribution in [3.63, 3.8) is 0 Å². The lowest BCUT2D eigenvalue weighted by atomic mass is 10.2. The molecule has 0 aliphatic rings. The van der Waals surface area contributed by atoms with Crippen LogP contribution in [-0.4, -0.2) is 20.9 Å². The lowest BCUT2D eigenvalue weighted by Crippen LogP contribution is -2.27. The molecule has 3 rings (SSSR count). The van der Waals surface area contributed by atoms with Crippen molar-refractivity contribution >= 4 is 32.9 Å². The zero-order chi connectivity index (χ0) is 14.7. The number of carbonyl (C=O) groups is 1. The first-order valence-electron chi connectivity index (χ1n) is 6.52. The molecule has 0 spiro atoms. The number of fused-ring (bicyclic) bond motifs is 1. The molecule has 1 aromatic heterocycles. The molecule has 1 heterocycles. The zero-order valence-electron chi connectivity index (χ0n) is 11.2. The largest absolute Gasteiger partial charge is 0.350 e. The molecular weight excluding hydrogens is 332 g/mol. The number of carbonyl (C=O) groups excluding carboxylic acids is 1. The monoisotopic (exact) mass is 344 g/mol. The van der Waals surface area contributed by atoms with Crippen molar-refractivity contribution in [2.75, 3.05) is 0 Å². The van der Waals surface area contributed by atoms with Crippen molar-refractivity contribution in [2.45, 2.75) is 13.1 Å². The number of rotatable bonds is 4. The number of hydrogen-bond acceptors (Lipinski definition) is 3. The Balaban J connectivity index is 1.64. The van der Waals surface area contributed by atoms with Gasteiger partial charge in [-0.2, -0.15) is 0 Å². The van der Waals surface area contributed by atoms with Crippen LogP contribution in [0.4, 0.5) is 0 Å². The van der Waals surface area contributed by atoms with Crippen molar-refractivity contribution in [3.05, 3.63) is 58.6 Å². The average Bonchev–Trinajstić information content (AvgIpc) is 2.89. The smallest absolute Gasteiger partial charge is 0.242 e. The maximum Gasteiger partial charge on any atom is 0.242 e. The van der Waals surface area contributed by atoms with Crippen LogP contribution >= 0.6 is 15.9 Å².